The maximum absolute atomic E-state index is 5.17. The van der Waals surface area contributed by atoms with Gasteiger partial charge in [-0.3, -0.25) is 4.99 Å². The first kappa shape index (κ1) is 20.9. The van der Waals surface area contributed by atoms with Gasteiger partial charge >= 0.3 is 0 Å². The number of aromatic nitrogens is 1. The number of halogens is 1. The molecule has 1 heterocycles. The van der Waals surface area contributed by atoms with Crippen LogP contribution < -0.4 is 10.6 Å². The fraction of sp³-hybridized carbons (Fsp3) is 0.412. The van der Waals surface area contributed by atoms with E-state index in [2.05, 4.69) is 45.7 Å². The molecule has 0 aliphatic rings. The summed E-state index contributed by atoms with van der Waals surface area (Å²) in [6.45, 7) is 6.16. The fourth-order valence-corrected chi connectivity index (χ4v) is 3.05. The Morgan fingerprint density at radius 3 is 2.54 bits per heavy atom. The van der Waals surface area contributed by atoms with E-state index in [4.69, 9.17) is 4.74 Å². The molecule has 0 bridgehead atoms. The molecule has 0 atom stereocenters. The summed E-state index contributed by atoms with van der Waals surface area (Å²) in [5.74, 6) is 0.771. The summed E-state index contributed by atoms with van der Waals surface area (Å²) < 4.78 is 5.17. The molecule has 0 radical (unpaired) electrons. The molecule has 0 unspecified atom stereocenters. The number of aryl methyl sites for hydroxylation is 2. The van der Waals surface area contributed by atoms with Gasteiger partial charge in [0.1, 0.15) is 5.01 Å². The van der Waals surface area contributed by atoms with Crippen molar-refractivity contribution >= 4 is 41.3 Å². The quantitative estimate of drug-likeness (QED) is 0.394. The van der Waals surface area contributed by atoms with E-state index in [1.54, 1.807) is 25.5 Å². The number of hydrogen-bond donors (Lipinski definition) is 2. The average molecular weight is 460 g/mol. The number of hydrogen-bond acceptors (Lipinski definition) is 4. The summed E-state index contributed by atoms with van der Waals surface area (Å²) in [4.78, 5) is 10.0. The van der Waals surface area contributed by atoms with Crippen LogP contribution in [0.3, 0.4) is 0 Å². The lowest BCUT2D eigenvalue weighted by Crippen LogP contribution is -2.36. The summed E-state index contributed by atoms with van der Waals surface area (Å²) in [5, 5.41) is 7.69. The van der Waals surface area contributed by atoms with Gasteiger partial charge in [-0.05, 0) is 25.0 Å². The molecule has 0 amide bonds. The Morgan fingerprint density at radius 1 is 1.21 bits per heavy atom. The summed E-state index contributed by atoms with van der Waals surface area (Å²) in [6, 6.07) is 8.33. The van der Waals surface area contributed by atoms with E-state index in [-0.39, 0.29) is 24.0 Å². The molecule has 0 aliphatic heterocycles. The minimum absolute atomic E-state index is 0. The van der Waals surface area contributed by atoms with Crippen molar-refractivity contribution in [3.63, 3.8) is 0 Å². The molecule has 2 aromatic rings. The van der Waals surface area contributed by atoms with E-state index >= 15 is 0 Å². The molecule has 2 N–H and O–H groups in total. The lowest BCUT2D eigenvalue weighted by Gasteiger charge is -2.11. The molecule has 0 spiro atoms. The zero-order valence-electron chi connectivity index (χ0n) is 14.5. The summed E-state index contributed by atoms with van der Waals surface area (Å²) in [7, 11) is 3.48. The monoisotopic (exact) mass is 460 g/mol. The van der Waals surface area contributed by atoms with E-state index in [0.717, 1.165) is 16.7 Å². The fourth-order valence-electron chi connectivity index (χ4n) is 2.18. The van der Waals surface area contributed by atoms with Gasteiger partial charge in [0.25, 0.3) is 0 Å². The molecule has 0 aliphatic carbocycles. The van der Waals surface area contributed by atoms with E-state index in [1.165, 1.54) is 16.0 Å². The smallest absolute Gasteiger partial charge is 0.191 e. The largest absolute Gasteiger partial charge is 0.380 e. The number of rotatable bonds is 6. The van der Waals surface area contributed by atoms with Crippen LogP contribution in [0.4, 0.5) is 0 Å². The number of nitrogens with zero attached hydrogens (tertiary/aromatic N) is 2. The highest BCUT2D eigenvalue weighted by Gasteiger charge is 2.05. The van der Waals surface area contributed by atoms with Crippen molar-refractivity contribution in [3.8, 4) is 0 Å². The van der Waals surface area contributed by atoms with Crippen molar-refractivity contribution in [1.82, 2.24) is 15.6 Å². The molecule has 24 heavy (non-hydrogen) atoms. The van der Waals surface area contributed by atoms with Gasteiger partial charge in [-0.15, -0.1) is 35.3 Å². The van der Waals surface area contributed by atoms with Crippen LogP contribution in [-0.2, 0) is 24.4 Å². The normalized spacial score (nSPS) is 11.1. The van der Waals surface area contributed by atoms with E-state index in [0.29, 0.717) is 19.7 Å². The van der Waals surface area contributed by atoms with Crippen molar-refractivity contribution in [3.05, 3.63) is 51.0 Å². The minimum Gasteiger partial charge on any atom is -0.380 e. The standard InChI is InChI=1S/C17H24N4OS.HI/c1-12-13(2)23-16(21-12)10-20-17(18-3)19-9-14-6-5-7-15(8-14)11-22-4;/h5-8H,9-11H2,1-4H3,(H2,18,19,20);1H. The van der Waals surface area contributed by atoms with Crippen LogP contribution in [-0.4, -0.2) is 25.1 Å². The van der Waals surface area contributed by atoms with Crippen molar-refractivity contribution in [2.24, 2.45) is 4.99 Å². The third-order valence-corrected chi connectivity index (χ3v) is 4.54. The van der Waals surface area contributed by atoms with Crippen molar-refractivity contribution in [2.45, 2.75) is 33.5 Å². The highest BCUT2D eigenvalue weighted by atomic mass is 127. The van der Waals surface area contributed by atoms with Crippen LogP contribution in [0.2, 0.25) is 0 Å². The van der Waals surface area contributed by atoms with Gasteiger partial charge in [0.15, 0.2) is 5.96 Å². The molecular weight excluding hydrogens is 435 g/mol. The van der Waals surface area contributed by atoms with Gasteiger partial charge < -0.3 is 15.4 Å². The van der Waals surface area contributed by atoms with Crippen LogP contribution in [0.1, 0.15) is 26.7 Å². The molecule has 0 saturated heterocycles. The van der Waals surface area contributed by atoms with Gasteiger partial charge in [-0.2, -0.15) is 0 Å². The Balaban J connectivity index is 0.00000288. The van der Waals surface area contributed by atoms with Gasteiger partial charge in [-0.25, -0.2) is 4.98 Å². The Kier molecular flexibility index (Phi) is 9.24. The maximum atomic E-state index is 5.17. The van der Waals surface area contributed by atoms with Gasteiger partial charge in [0, 0.05) is 25.6 Å². The zero-order chi connectivity index (χ0) is 16.7. The second-order valence-corrected chi connectivity index (χ2v) is 6.57. The molecule has 7 heteroatoms. The topological polar surface area (TPSA) is 58.5 Å². The lowest BCUT2D eigenvalue weighted by molar-refractivity contribution is 0.185. The van der Waals surface area contributed by atoms with E-state index < -0.39 is 0 Å². The molecule has 5 nitrogen and oxygen atoms in total. The predicted molar refractivity (Wildman–Crippen MR) is 111 cm³/mol. The first-order chi connectivity index (χ1) is 11.1. The summed E-state index contributed by atoms with van der Waals surface area (Å²) in [6.07, 6.45) is 0. The first-order valence-electron chi connectivity index (χ1n) is 7.56. The van der Waals surface area contributed by atoms with Crippen molar-refractivity contribution in [2.75, 3.05) is 14.2 Å². The first-order valence-corrected chi connectivity index (χ1v) is 8.38. The number of thiazole rings is 1. The molecular formula is C17H25IN4OS. The van der Waals surface area contributed by atoms with Crippen molar-refractivity contribution < 1.29 is 4.74 Å². The molecule has 1 aromatic carbocycles. The van der Waals surface area contributed by atoms with Gasteiger partial charge in [0.2, 0.25) is 0 Å². The SMILES string of the molecule is CN=C(NCc1cccc(COC)c1)NCc1nc(C)c(C)s1.I. The second kappa shape index (κ2) is 10.6. The molecule has 2 rings (SSSR count). The van der Waals surface area contributed by atoms with Crippen LogP contribution in [0.25, 0.3) is 0 Å². The van der Waals surface area contributed by atoms with Crippen LogP contribution in [0.15, 0.2) is 29.3 Å². The second-order valence-electron chi connectivity index (χ2n) is 5.28. The number of aliphatic imine (C=N–C) groups is 1. The average Bonchev–Trinajstić information content (AvgIpc) is 2.87. The third kappa shape index (κ3) is 6.37. The molecule has 132 valence electrons. The predicted octanol–water partition coefficient (Wildman–Crippen LogP) is 3.39. The molecule has 0 fully saturated rings. The molecule has 1 aromatic heterocycles. The summed E-state index contributed by atoms with van der Waals surface area (Å²) >= 11 is 1.72. The zero-order valence-corrected chi connectivity index (χ0v) is 17.7. The minimum atomic E-state index is 0. The van der Waals surface area contributed by atoms with Gasteiger partial charge in [-0.1, -0.05) is 24.3 Å². The Morgan fingerprint density at radius 2 is 1.92 bits per heavy atom. The van der Waals surface area contributed by atoms with E-state index in [1.807, 2.05) is 13.0 Å². The van der Waals surface area contributed by atoms with Crippen LogP contribution in [0, 0.1) is 13.8 Å². The van der Waals surface area contributed by atoms with Crippen LogP contribution in [0.5, 0.6) is 0 Å². The molecule has 0 saturated carbocycles. The lowest BCUT2D eigenvalue weighted by atomic mass is 10.1. The number of nitrogens with one attached hydrogen (secondary N) is 2. The third-order valence-electron chi connectivity index (χ3n) is 3.47. The highest BCUT2D eigenvalue weighted by molar-refractivity contribution is 14.0. The number of ether oxygens (including phenoxy) is 1. The van der Waals surface area contributed by atoms with Crippen molar-refractivity contribution in [1.29, 1.82) is 0 Å². The maximum Gasteiger partial charge on any atom is 0.191 e. The van der Waals surface area contributed by atoms with E-state index in [9.17, 15) is 0 Å². The van der Waals surface area contributed by atoms with Crippen LogP contribution >= 0.6 is 35.3 Å². The Bertz CT molecular complexity index is 653. The van der Waals surface area contributed by atoms with Gasteiger partial charge in [0.05, 0.1) is 18.8 Å². The Labute approximate surface area is 165 Å². The number of benzene rings is 1. The highest BCUT2D eigenvalue weighted by Crippen LogP contribution is 2.15. The number of methoxy groups -OCH3 is 1. The Hall–Kier alpha value is -1.19. The summed E-state index contributed by atoms with van der Waals surface area (Å²) in [5.41, 5.74) is 3.47. The number of guanidine groups is 1.